The van der Waals surface area contributed by atoms with Gasteiger partial charge in [0.25, 0.3) is 12.0 Å². The van der Waals surface area contributed by atoms with Gasteiger partial charge in [-0.3, -0.25) is 4.79 Å². The number of alkyl halides is 2. The van der Waals surface area contributed by atoms with Crippen molar-refractivity contribution in [2.75, 3.05) is 30.5 Å². The van der Waals surface area contributed by atoms with Gasteiger partial charge in [-0.2, -0.15) is 0 Å². The summed E-state index contributed by atoms with van der Waals surface area (Å²) in [5, 5.41) is 5.64. The lowest BCUT2D eigenvalue weighted by Gasteiger charge is -2.33. The van der Waals surface area contributed by atoms with Crippen LogP contribution < -0.4 is 15.9 Å². The summed E-state index contributed by atoms with van der Waals surface area (Å²) < 4.78 is 47.9. The maximum Gasteiger partial charge on any atom is 0.271 e. The third-order valence-electron chi connectivity index (χ3n) is 5.99. The summed E-state index contributed by atoms with van der Waals surface area (Å²) in [4.78, 5) is 21.6. The Bertz CT molecular complexity index is 1210. The van der Waals surface area contributed by atoms with Gasteiger partial charge >= 0.3 is 0 Å². The monoisotopic (exact) mass is 461 g/mol. The number of fused-ring (bicyclic) bond motifs is 1. The third-order valence-corrected chi connectivity index (χ3v) is 5.99. The molecule has 176 valence electrons. The number of rotatable bonds is 6. The SMILES string of the molecule is COC1CCN(n2cc3c(N[C@H](C)c4cccc(C(F)F)c4F)nc(C)nc3cc2=O)CC1. The predicted molar refractivity (Wildman–Crippen MR) is 120 cm³/mol. The molecular formula is C23H26F3N5O2. The van der Waals surface area contributed by atoms with E-state index in [1.54, 1.807) is 31.8 Å². The molecule has 1 aliphatic rings. The molecule has 0 amide bonds. The molecule has 0 radical (unpaired) electrons. The van der Waals surface area contributed by atoms with Crippen molar-refractivity contribution < 1.29 is 17.9 Å². The first kappa shape index (κ1) is 23.0. The molecule has 4 rings (SSSR count). The zero-order valence-corrected chi connectivity index (χ0v) is 18.7. The van der Waals surface area contributed by atoms with E-state index in [9.17, 15) is 18.0 Å². The Morgan fingerprint density at radius 3 is 2.55 bits per heavy atom. The fraction of sp³-hybridized carbons (Fsp3) is 0.435. The second-order valence-corrected chi connectivity index (χ2v) is 8.18. The number of aryl methyl sites for hydroxylation is 1. The average molecular weight is 461 g/mol. The first-order valence-electron chi connectivity index (χ1n) is 10.8. The highest BCUT2D eigenvalue weighted by Gasteiger charge is 2.22. The largest absolute Gasteiger partial charge is 0.381 e. The predicted octanol–water partition coefficient (Wildman–Crippen LogP) is 4.10. The fourth-order valence-electron chi connectivity index (χ4n) is 4.19. The fourth-order valence-corrected chi connectivity index (χ4v) is 4.19. The van der Waals surface area contributed by atoms with Gasteiger partial charge in [-0.25, -0.2) is 27.8 Å². The molecule has 0 unspecified atom stereocenters. The Labute approximate surface area is 189 Å². The van der Waals surface area contributed by atoms with E-state index in [-0.39, 0.29) is 17.2 Å². The maximum atomic E-state index is 14.7. The molecule has 33 heavy (non-hydrogen) atoms. The van der Waals surface area contributed by atoms with Crippen LogP contribution in [-0.4, -0.2) is 40.9 Å². The number of halogens is 3. The first-order valence-corrected chi connectivity index (χ1v) is 10.8. The lowest BCUT2D eigenvalue weighted by molar-refractivity contribution is 0.0773. The molecule has 1 aliphatic heterocycles. The van der Waals surface area contributed by atoms with Gasteiger partial charge < -0.3 is 15.1 Å². The van der Waals surface area contributed by atoms with Gasteiger partial charge in [-0.05, 0) is 26.7 Å². The van der Waals surface area contributed by atoms with Crippen LogP contribution in [0.5, 0.6) is 0 Å². The van der Waals surface area contributed by atoms with Crippen LogP contribution in [-0.2, 0) is 4.74 Å². The van der Waals surface area contributed by atoms with Crippen LogP contribution >= 0.6 is 0 Å². The Hall–Kier alpha value is -3.14. The molecular weight excluding hydrogens is 435 g/mol. The Kier molecular flexibility index (Phi) is 6.55. The van der Waals surface area contributed by atoms with E-state index in [4.69, 9.17) is 4.74 Å². The van der Waals surface area contributed by atoms with E-state index < -0.39 is 23.8 Å². The number of piperidine rings is 1. The van der Waals surface area contributed by atoms with Gasteiger partial charge in [-0.15, -0.1) is 0 Å². The molecule has 3 heterocycles. The van der Waals surface area contributed by atoms with Gasteiger partial charge in [-0.1, -0.05) is 18.2 Å². The molecule has 1 N–H and O–H groups in total. The standard InChI is InChI=1S/C23H26F3N5O2/c1-13(16-5-4-6-17(21(16)24)22(25)26)27-23-18-12-31(30-9-7-15(33-3)8-10-30)20(32)11-19(18)28-14(2)29-23/h4-6,11-13,15,22H,7-10H2,1-3H3,(H,27,28,29)/t13-/m1/s1. The highest BCUT2D eigenvalue weighted by molar-refractivity contribution is 5.88. The summed E-state index contributed by atoms with van der Waals surface area (Å²) in [7, 11) is 1.68. The minimum atomic E-state index is -2.91. The second kappa shape index (κ2) is 9.38. The summed E-state index contributed by atoms with van der Waals surface area (Å²) in [6.07, 6.45) is 0.530. The molecule has 0 spiro atoms. The van der Waals surface area contributed by atoms with Crippen molar-refractivity contribution in [3.05, 3.63) is 63.6 Å². The van der Waals surface area contributed by atoms with E-state index in [0.717, 1.165) is 18.9 Å². The van der Waals surface area contributed by atoms with E-state index in [1.165, 1.54) is 18.2 Å². The normalized spacial score (nSPS) is 15.9. The number of hydrogen-bond donors (Lipinski definition) is 1. The number of benzene rings is 1. The lowest BCUT2D eigenvalue weighted by Crippen LogP contribution is -2.48. The van der Waals surface area contributed by atoms with Gasteiger partial charge in [0.1, 0.15) is 17.5 Å². The highest BCUT2D eigenvalue weighted by Crippen LogP contribution is 2.30. The summed E-state index contributed by atoms with van der Waals surface area (Å²) in [6.45, 7) is 4.67. The van der Waals surface area contributed by atoms with Crippen LogP contribution in [0.4, 0.5) is 19.0 Å². The van der Waals surface area contributed by atoms with E-state index in [0.29, 0.717) is 35.6 Å². The van der Waals surface area contributed by atoms with E-state index in [1.807, 2.05) is 5.01 Å². The topological polar surface area (TPSA) is 72.3 Å². The van der Waals surface area contributed by atoms with Gasteiger partial charge in [0.15, 0.2) is 0 Å². The zero-order valence-electron chi connectivity index (χ0n) is 18.7. The number of hydrogen-bond acceptors (Lipinski definition) is 6. The van der Waals surface area contributed by atoms with Crippen LogP contribution in [0.2, 0.25) is 0 Å². The minimum absolute atomic E-state index is 0.104. The Morgan fingerprint density at radius 1 is 1.18 bits per heavy atom. The first-order chi connectivity index (χ1) is 15.8. The summed E-state index contributed by atoms with van der Waals surface area (Å²) in [5.74, 6) is -0.120. The highest BCUT2D eigenvalue weighted by atomic mass is 19.3. The molecule has 0 saturated carbocycles. The van der Waals surface area contributed by atoms with Crippen molar-refractivity contribution in [2.45, 2.75) is 45.3 Å². The molecule has 1 fully saturated rings. The maximum absolute atomic E-state index is 14.7. The van der Waals surface area contributed by atoms with E-state index in [2.05, 4.69) is 15.3 Å². The molecule has 2 aromatic heterocycles. The molecule has 3 aromatic rings. The molecule has 1 atom stereocenters. The van der Waals surface area contributed by atoms with Crippen LogP contribution in [0.1, 0.15) is 49.2 Å². The smallest absolute Gasteiger partial charge is 0.271 e. The third kappa shape index (κ3) is 4.66. The van der Waals surface area contributed by atoms with Gasteiger partial charge in [0.2, 0.25) is 0 Å². The van der Waals surface area contributed by atoms with Crippen LogP contribution in [0.3, 0.4) is 0 Å². The zero-order chi connectivity index (χ0) is 23.7. The number of anilines is 1. The van der Waals surface area contributed by atoms with Crippen molar-refractivity contribution in [3.8, 4) is 0 Å². The molecule has 0 bridgehead atoms. The lowest BCUT2D eigenvalue weighted by atomic mass is 10.0. The molecule has 1 saturated heterocycles. The van der Waals surface area contributed by atoms with Crippen molar-refractivity contribution in [3.63, 3.8) is 0 Å². The number of nitrogens with zero attached hydrogens (tertiary/aromatic N) is 4. The van der Waals surface area contributed by atoms with Crippen molar-refractivity contribution in [1.82, 2.24) is 14.6 Å². The quantitative estimate of drug-likeness (QED) is 0.596. The van der Waals surface area contributed by atoms with Crippen LogP contribution in [0.15, 0.2) is 35.3 Å². The number of methoxy groups -OCH3 is 1. The van der Waals surface area contributed by atoms with Crippen molar-refractivity contribution in [2.24, 2.45) is 0 Å². The Balaban J connectivity index is 1.70. The van der Waals surface area contributed by atoms with Crippen molar-refractivity contribution in [1.29, 1.82) is 0 Å². The molecule has 0 aliphatic carbocycles. The number of ether oxygens (including phenoxy) is 1. The summed E-state index contributed by atoms with van der Waals surface area (Å²) in [5.41, 5.74) is -0.302. The number of nitrogens with one attached hydrogen (secondary N) is 1. The molecule has 10 heteroatoms. The second-order valence-electron chi connectivity index (χ2n) is 8.18. The summed E-state index contributed by atoms with van der Waals surface area (Å²) >= 11 is 0. The Morgan fingerprint density at radius 2 is 1.88 bits per heavy atom. The van der Waals surface area contributed by atoms with Crippen molar-refractivity contribution >= 4 is 16.7 Å². The number of aromatic nitrogens is 3. The minimum Gasteiger partial charge on any atom is -0.381 e. The molecule has 7 nitrogen and oxygen atoms in total. The van der Waals surface area contributed by atoms with Crippen LogP contribution in [0.25, 0.3) is 10.9 Å². The number of pyridine rings is 1. The van der Waals surface area contributed by atoms with Crippen LogP contribution in [0, 0.1) is 12.7 Å². The summed E-state index contributed by atoms with van der Waals surface area (Å²) in [6, 6.07) is 4.74. The average Bonchev–Trinajstić information content (AvgIpc) is 2.78. The van der Waals surface area contributed by atoms with Gasteiger partial charge in [0.05, 0.1) is 28.6 Å². The van der Waals surface area contributed by atoms with Gasteiger partial charge in [0, 0.05) is 38.0 Å². The molecule has 1 aromatic carbocycles. The van der Waals surface area contributed by atoms with E-state index >= 15 is 0 Å².